The van der Waals surface area contributed by atoms with Crippen LogP contribution >= 0.6 is 11.6 Å². The Bertz CT molecular complexity index is 1790. The summed E-state index contributed by atoms with van der Waals surface area (Å²) in [5.41, 5.74) is 0.0571. The number of carbonyl (C=O) groups is 3. The Hall–Kier alpha value is -4.48. The van der Waals surface area contributed by atoms with E-state index in [1.54, 1.807) is 12.1 Å². The summed E-state index contributed by atoms with van der Waals surface area (Å²) in [5, 5.41) is 12.0. The Kier molecular flexibility index (Phi) is 8.37. The summed E-state index contributed by atoms with van der Waals surface area (Å²) in [4.78, 5) is 51.7. The van der Waals surface area contributed by atoms with E-state index in [2.05, 4.69) is 15.3 Å². The minimum absolute atomic E-state index is 0.0220. The molecule has 2 atom stereocenters. The molecule has 228 valence electrons. The maximum atomic E-state index is 14.6. The van der Waals surface area contributed by atoms with Crippen molar-refractivity contribution in [3.05, 3.63) is 77.1 Å². The summed E-state index contributed by atoms with van der Waals surface area (Å²) in [7, 11) is -3.78. The summed E-state index contributed by atoms with van der Waals surface area (Å²) >= 11 is 6.52. The van der Waals surface area contributed by atoms with Crippen molar-refractivity contribution in [2.75, 3.05) is 16.1 Å². The van der Waals surface area contributed by atoms with Crippen LogP contribution in [0.3, 0.4) is 0 Å². The zero-order valence-corrected chi connectivity index (χ0v) is 24.7. The Morgan fingerprint density at radius 2 is 1.91 bits per heavy atom. The number of hydrogen-bond acceptors (Lipinski definition) is 8. The molecule has 2 fully saturated rings. The number of anilines is 2. The van der Waals surface area contributed by atoms with Crippen molar-refractivity contribution in [3.8, 4) is 6.07 Å². The number of carbonyl (C=O) groups excluding carboxylic acids is 3. The summed E-state index contributed by atoms with van der Waals surface area (Å²) in [6, 6.07) is 10.9. The van der Waals surface area contributed by atoms with Gasteiger partial charge in [0, 0.05) is 54.0 Å². The first-order valence-electron chi connectivity index (χ1n) is 13.4. The highest BCUT2D eigenvalue weighted by molar-refractivity contribution is 7.90. The predicted molar refractivity (Wildman–Crippen MR) is 155 cm³/mol. The van der Waals surface area contributed by atoms with E-state index in [9.17, 15) is 36.8 Å². The fraction of sp³-hybridized carbons (Fsp3) is 0.310. The molecule has 5 rings (SSSR count). The van der Waals surface area contributed by atoms with Crippen LogP contribution in [0, 0.1) is 11.3 Å². The molecule has 1 N–H and O–H groups in total. The number of amides is 3. The maximum absolute atomic E-state index is 14.6. The lowest BCUT2D eigenvalue weighted by atomic mass is 9.87. The fourth-order valence-electron chi connectivity index (χ4n) is 5.26. The van der Waals surface area contributed by atoms with Gasteiger partial charge in [0.15, 0.2) is 9.84 Å². The zero-order chi connectivity index (χ0) is 31.8. The van der Waals surface area contributed by atoms with Crippen molar-refractivity contribution in [1.82, 2.24) is 15.3 Å². The van der Waals surface area contributed by atoms with Crippen LogP contribution in [0.1, 0.15) is 43.0 Å². The van der Waals surface area contributed by atoms with Crippen LogP contribution in [0.15, 0.2) is 65.7 Å². The number of halogens is 3. The van der Waals surface area contributed by atoms with Crippen molar-refractivity contribution in [2.24, 2.45) is 0 Å². The molecule has 1 aliphatic carbocycles. The van der Waals surface area contributed by atoms with Gasteiger partial charge in [-0.3, -0.25) is 24.2 Å². The molecule has 44 heavy (non-hydrogen) atoms. The molecule has 0 radical (unpaired) electrons. The van der Waals surface area contributed by atoms with Crippen molar-refractivity contribution >= 4 is 50.8 Å². The average Bonchev–Trinajstić information content (AvgIpc) is 3.36. The molecule has 3 amide bonds. The number of alkyl halides is 2. The lowest BCUT2D eigenvalue weighted by Crippen LogP contribution is -2.56. The number of benzene rings is 2. The summed E-state index contributed by atoms with van der Waals surface area (Å²) in [6.07, 6.45) is 0.936. The highest BCUT2D eigenvalue weighted by Gasteiger charge is 2.49. The van der Waals surface area contributed by atoms with Gasteiger partial charge in [0.1, 0.15) is 23.8 Å². The van der Waals surface area contributed by atoms with E-state index < -0.39 is 64.4 Å². The van der Waals surface area contributed by atoms with E-state index >= 15 is 0 Å². The third kappa shape index (κ3) is 6.24. The van der Waals surface area contributed by atoms with E-state index in [1.807, 2.05) is 6.07 Å². The minimum Gasteiger partial charge on any atom is -0.351 e. The molecule has 1 unspecified atom stereocenters. The Morgan fingerprint density at radius 3 is 2.57 bits per heavy atom. The first-order chi connectivity index (χ1) is 20.8. The monoisotopic (exact) mass is 642 g/mol. The van der Waals surface area contributed by atoms with E-state index in [4.69, 9.17) is 11.6 Å². The van der Waals surface area contributed by atoms with E-state index in [-0.39, 0.29) is 45.7 Å². The minimum atomic E-state index is -3.78. The van der Waals surface area contributed by atoms with Crippen LogP contribution in [-0.4, -0.2) is 60.4 Å². The van der Waals surface area contributed by atoms with Gasteiger partial charge < -0.3 is 5.32 Å². The molecule has 1 saturated carbocycles. The summed E-state index contributed by atoms with van der Waals surface area (Å²) < 4.78 is 52.3. The number of nitrogens with zero attached hydrogens (tertiary/aromatic N) is 5. The SMILES string of the molecule is CS(=O)(=O)c1cccc(N(C(=O)[C@@H]2CCC(=O)N2c2nccc(C#N)n2)C(C(=O)NC2CC(F)(F)C2)c2ccccc2Cl)c1. The van der Waals surface area contributed by atoms with Crippen molar-refractivity contribution in [3.63, 3.8) is 0 Å². The van der Waals surface area contributed by atoms with Crippen LogP contribution < -0.4 is 15.1 Å². The second kappa shape index (κ2) is 11.9. The molecule has 0 spiro atoms. The fourth-order valence-corrected chi connectivity index (χ4v) is 6.16. The molecular weight excluding hydrogens is 618 g/mol. The van der Waals surface area contributed by atoms with E-state index in [0.29, 0.717) is 0 Å². The number of aromatic nitrogens is 2. The van der Waals surface area contributed by atoms with Crippen molar-refractivity contribution < 1.29 is 31.6 Å². The quantitative estimate of drug-likeness (QED) is 0.391. The molecule has 11 nitrogen and oxygen atoms in total. The molecular formula is C29H25ClF2N6O5S. The number of nitrogens with one attached hydrogen (secondary N) is 1. The van der Waals surface area contributed by atoms with Crippen LogP contribution in [0.25, 0.3) is 0 Å². The molecule has 15 heteroatoms. The normalized spacial score (nSPS) is 18.7. The Morgan fingerprint density at radius 1 is 1.18 bits per heavy atom. The maximum Gasteiger partial charge on any atom is 0.252 e. The lowest BCUT2D eigenvalue weighted by Gasteiger charge is -2.39. The molecule has 1 saturated heterocycles. The number of rotatable bonds is 8. The van der Waals surface area contributed by atoms with Gasteiger partial charge in [0.2, 0.25) is 17.8 Å². The third-order valence-corrected chi connectivity index (χ3v) is 8.83. The summed E-state index contributed by atoms with van der Waals surface area (Å²) in [5.74, 6) is -5.31. The molecule has 0 bridgehead atoms. The van der Waals surface area contributed by atoms with Crippen LogP contribution in [-0.2, 0) is 24.2 Å². The predicted octanol–water partition coefficient (Wildman–Crippen LogP) is 3.59. The van der Waals surface area contributed by atoms with Gasteiger partial charge in [-0.2, -0.15) is 5.26 Å². The van der Waals surface area contributed by atoms with E-state index in [0.717, 1.165) is 16.1 Å². The topological polar surface area (TPSA) is 153 Å². The second-order valence-electron chi connectivity index (χ2n) is 10.5. The van der Waals surface area contributed by atoms with Gasteiger partial charge in [0.25, 0.3) is 11.8 Å². The van der Waals surface area contributed by atoms with E-state index in [1.165, 1.54) is 48.7 Å². The van der Waals surface area contributed by atoms with Gasteiger partial charge in [-0.25, -0.2) is 27.2 Å². The lowest BCUT2D eigenvalue weighted by molar-refractivity contribution is -0.133. The molecule has 2 heterocycles. The Labute approximate surface area is 256 Å². The molecule has 2 aliphatic rings. The Balaban J connectivity index is 1.66. The molecule has 1 aromatic heterocycles. The van der Waals surface area contributed by atoms with Gasteiger partial charge in [-0.1, -0.05) is 35.9 Å². The standard InChI is InChI=1S/C29H25ClF2N6O5S/c1-44(42,43)20-6-4-5-19(13-20)37(27(41)23-9-10-24(39)38(23)28-34-12-11-17(16-33)36-28)25(21-7-2-3-8-22(21)30)26(40)35-18-14-29(31,32)15-18/h2-8,11-13,18,23,25H,9-10,14-15H2,1H3,(H,35,40)/t23-,25?/m0/s1. The second-order valence-corrected chi connectivity index (χ2v) is 13.0. The highest BCUT2D eigenvalue weighted by atomic mass is 35.5. The largest absolute Gasteiger partial charge is 0.351 e. The van der Waals surface area contributed by atoms with Crippen LogP contribution in [0.4, 0.5) is 20.4 Å². The van der Waals surface area contributed by atoms with Crippen LogP contribution in [0.2, 0.25) is 5.02 Å². The number of nitriles is 1. The first kappa shape index (κ1) is 31.0. The van der Waals surface area contributed by atoms with Crippen molar-refractivity contribution in [2.45, 2.75) is 54.6 Å². The first-order valence-corrected chi connectivity index (χ1v) is 15.7. The third-order valence-electron chi connectivity index (χ3n) is 7.37. The summed E-state index contributed by atoms with van der Waals surface area (Å²) in [6.45, 7) is 0. The average molecular weight is 643 g/mol. The molecule has 2 aromatic carbocycles. The van der Waals surface area contributed by atoms with Gasteiger partial charge in [-0.15, -0.1) is 0 Å². The number of hydrogen-bond donors (Lipinski definition) is 1. The number of sulfone groups is 1. The highest BCUT2D eigenvalue weighted by Crippen LogP contribution is 2.40. The zero-order valence-electron chi connectivity index (χ0n) is 23.2. The van der Waals surface area contributed by atoms with Gasteiger partial charge in [0.05, 0.1) is 4.90 Å². The van der Waals surface area contributed by atoms with Gasteiger partial charge in [-0.05, 0) is 36.8 Å². The van der Waals surface area contributed by atoms with Crippen molar-refractivity contribution in [1.29, 1.82) is 5.26 Å². The molecule has 3 aromatic rings. The van der Waals surface area contributed by atoms with Crippen LogP contribution in [0.5, 0.6) is 0 Å². The smallest absolute Gasteiger partial charge is 0.252 e. The molecule has 1 aliphatic heterocycles. The van der Waals surface area contributed by atoms with Gasteiger partial charge >= 0.3 is 0 Å².